The summed E-state index contributed by atoms with van der Waals surface area (Å²) >= 11 is 0. The SMILES string of the molecule is CC(=O)/C=C(/C)O.CC(=O)/C=C(/C)O.CC(=O)/C=C(/C)O.CC(=O)/C=C(/C)O.CC(=O)/C=C(/C)O.CC(=O)/C=C(/C)O.[Yb+3].[Yb]. The van der Waals surface area contributed by atoms with Crippen LogP contribution >= 0.6 is 0 Å². The van der Waals surface area contributed by atoms with Crippen molar-refractivity contribution < 1.29 is 153 Å². The van der Waals surface area contributed by atoms with Crippen LogP contribution in [0.25, 0.3) is 0 Å². The van der Waals surface area contributed by atoms with Crippen LogP contribution in [0.2, 0.25) is 0 Å². The van der Waals surface area contributed by atoms with Crippen LogP contribution in [0.15, 0.2) is 71.0 Å². The first kappa shape index (κ1) is 61.3. The molecule has 0 saturated heterocycles. The van der Waals surface area contributed by atoms with E-state index in [-0.39, 0.29) is 163 Å². The molecule has 0 aromatic heterocycles. The molecule has 0 heterocycles. The molecule has 0 rings (SSSR count). The van der Waals surface area contributed by atoms with Gasteiger partial charge in [0, 0.05) is 83.4 Å². The molecule has 0 atom stereocenters. The average molecular weight is 947 g/mol. The topological polar surface area (TPSA) is 224 Å². The number of hydrogen-bond acceptors (Lipinski definition) is 12. The second-order valence-corrected chi connectivity index (χ2v) is 8.38. The van der Waals surface area contributed by atoms with E-state index in [1.165, 1.54) is 120 Å². The fraction of sp³-hybridized carbons (Fsp3) is 0.400. The Labute approximate surface area is 337 Å². The maximum Gasteiger partial charge on any atom is 3.00 e. The Morgan fingerprint density at radius 2 is 0.364 bits per heavy atom. The van der Waals surface area contributed by atoms with Gasteiger partial charge in [0.25, 0.3) is 0 Å². The van der Waals surface area contributed by atoms with E-state index in [9.17, 15) is 28.8 Å². The van der Waals surface area contributed by atoms with Crippen molar-refractivity contribution in [3.05, 3.63) is 71.0 Å². The molecule has 0 amide bonds. The molecule has 0 fully saturated rings. The van der Waals surface area contributed by atoms with Gasteiger partial charge in [-0.15, -0.1) is 0 Å². The van der Waals surface area contributed by atoms with Crippen molar-refractivity contribution in [3.8, 4) is 0 Å². The van der Waals surface area contributed by atoms with Gasteiger partial charge in [-0.2, -0.15) is 0 Å². The van der Waals surface area contributed by atoms with E-state index >= 15 is 0 Å². The molecule has 0 aromatic rings. The van der Waals surface area contributed by atoms with Crippen molar-refractivity contribution in [1.82, 2.24) is 0 Å². The van der Waals surface area contributed by atoms with Crippen molar-refractivity contribution >= 4 is 34.7 Å². The zero-order chi connectivity index (χ0) is 35.2. The van der Waals surface area contributed by atoms with E-state index < -0.39 is 0 Å². The Bertz CT molecular complexity index is 821. The first-order valence-electron chi connectivity index (χ1n) is 12.0. The first-order valence-corrected chi connectivity index (χ1v) is 12.0. The second-order valence-electron chi connectivity index (χ2n) is 8.38. The van der Waals surface area contributed by atoms with Crippen molar-refractivity contribution in [2.75, 3.05) is 0 Å². The minimum absolute atomic E-state index is 0. The Morgan fingerprint density at radius 3 is 0.364 bits per heavy atom. The number of aliphatic hydroxyl groups is 6. The minimum Gasteiger partial charge on any atom is -0.512 e. The second kappa shape index (κ2) is 41.3. The zero-order valence-corrected chi connectivity index (χ0v) is 30.6. The van der Waals surface area contributed by atoms with Gasteiger partial charge >= 0.3 is 46.9 Å². The summed E-state index contributed by atoms with van der Waals surface area (Å²) in [4.78, 5) is 60.1. The van der Waals surface area contributed by atoms with E-state index in [0.29, 0.717) is 0 Å². The van der Waals surface area contributed by atoms with E-state index in [1.54, 1.807) is 0 Å². The predicted molar refractivity (Wildman–Crippen MR) is 162 cm³/mol. The van der Waals surface area contributed by atoms with E-state index in [0.717, 1.165) is 0 Å². The molecule has 12 nitrogen and oxygen atoms in total. The summed E-state index contributed by atoms with van der Waals surface area (Å²) in [6.07, 6.45) is 7.00. The number of carbonyl (C=O) groups excluding carboxylic acids is 6. The van der Waals surface area contributed by atoms with Crippen molar-refractivity contribution in [3.63, 3.8) is 0 Å². The summed E-state index contributed by atoms with van der Waals surface area (Å²) in [6.45, 7) is 17.1. The molecule has 0 aliphatic carbocycles. The average Bonchev–Trinajstić information content (AvgIpc) is 2.63. The number of hydrogen-bond donors (Lipinski definition) is 6. The van der Waals surface area contributed by atoms with Crippen LogP contribution in [-0.4, -0.2) is 65.3 Å². The molecule has 0 aliphatic rings. The number of rotatable bonds is 6. The van der Waals surface area contributed by atoms with Gasteiger partial charge < -0.3 is 30.6 Å². The normalized spacial score (nSPS) is 10.9. The van der Waals surface area contributed by atoms with Crippen molar-refractivity contribution in [1.29, 1.82) is 0 Å². The number of aliphatic hydroxyl groups excluding tert-OH is 6. The van der Waals surface area contributed by atoms with Crippen LogP contribution in [0.1, 0.15) is 83.1 Å². The molecule has 265 valence electrons. The summed E-state index contributed by atoms with van der Waals surface area (Å²) in [7, 11) is 0. The Balaban J connectivity index is -0.0000000584. The molecule has 1 radical (unpaired) electrons. The molecular formula is C30H48O12Yb2+3. The molecular weight excluding hydrogens is 898 g/mol. The van der Waals surface area contributed by atoms with E-state index in [4.69, 9.17) is 30.6 Å². The summed E-state index contributed by atoms with van der Waals surface area (Å²) in [5.74, 6) is -0.375. The van der Waals surface area contributed by atoms with Crippen LogP contribution < -0.4 is 0 Å². The third kappa shape index (κ3) is 125. The van der Waals surface area contributed by atoms with Gasteiger partial charge in [0.1, 0.15) is 0 Å². The van der Waals surface area contributed by atoms with E-state index in [1.807, 2.05) is 0 Å². The van der Waals surface area contributed by atoms with Gasteiger partial charge in [0.05, 0.1) is 34.6 Å². The molecule has 6 N–H and O–H groups in total. The van der Waals surface area contributed by atoms with E-state index in [2.05, 4.69) is 0 Å². The monoisotopic (exact) mass is 948 g/mol. The molecule has 0 spiro atoms. The van der Waals surface area contributed by atoms with Crippen LogP contribution in [0.3, 0.4) is 0 Å². The van der Waals surface area contributed by atoms with Gasteiger partial charge in [0.15, 0.2) is 34.7 Å². The number of ketones is 6. The Kier molecular flexibility index (Phi) is 57.6. The Hall–Kier alpha value is -1.70. The summed E-state index contributed by atoms with van der Waals surface area (Å²) in [5, 5.41) is 50.2. The summed E-state index contributed by atoms with van der Waals surface area (Å²) in [6, 6.07) is 0. The van der Waals surface area contributed by atoms with Crippen LogP contribution in [-0.2, 0) is 28.8 Å². The summed E-state index contributed by atoms with van der Waals surface area (Å²) in [5.41, 5.74) is 0. The maximum atomic E-state index is 10.0. The molecule has 44 heavy (non-hydrogen) atoms. The predicted octanol–water partition coefficient (Wildman–Crippen LogP) is 6.22. The molecule has 0 saturated carbocycles. The maximum absolute atomic E-state index is 10.0. The molecule has 0 aliphatic heterocycles. The largest absolute Gasteiger partial charge is 3.00 e. The first-order chi connectivity index (χ1) is 18.8. The van der Waals surface area contributed by atoms with Crippen molar-refractivity contribution in [2.45, 2.75) is 83.1 Å². The third-order valence-corrected chi connectivity index (χ3v) is 2.47. The third-order valence-electron chi connectivity index (χ3n) is 2.47. The fourth-order valence-electron chi connectivity index (χ4n) is 1.76. The van der Waals surface area contributed by atoms with Crippen LogP contribution in [0.4, 0.5) is 0 Å². The van der Waals surface area contributed by atoms with Gasteiger partial charge in [-0.3, -0.25) is 28.8 Å². The molecule has 14 heteroatoms. The van der Waals surface area contributed by atoms with Gasteiger partial charge in [-0.05, 0) is 83.1 Å². The number of allylic oxidation sites excluding steroid dienone is 12. The molecule has 0 aromatic carbocycles. The standard InChI is InChI=1S/6C5H8O2.2Yb/c6*1-4(6)3-5(2)7;;/h6*3,6H,1-2H3;;/q;;;;;;;+3/b6*4-3-;;. The minimum atomic E-state index is -0.125. The zero-order valence-electron chi connectivity index (χ0n) is 27.1. The van der Waals surface area contributed by atoms with Gasteiger partial charge in [-0.25, -0.2) is 0 Å². The Morgan fingerprint density at radius 1 is 0.295 bits per heavy atom. The number of carbonyl (C=O) groups is 6. The smallest absolute Gasteiger partial charge is 0.512 e. The van der Waals surface area contributed by atoms with Crippen LogP contribution in [0.5, 0.6) is 0 Å². The fourth-order valence-corrected chi connectivity index (χ4v) is 1.76. The molecule has 0 bridgehead atoms. The van der Waals surface area contributed by atoms with Gasteiger partial charge in [-0.1, -0.05) is 0 Å². The quantitative estimate of drug-likeness (QED) is 0.129. The van der Waals surface area contributed by atoms with Gasteiger partial charge in [0.2, 0.25) is 0 Å². The molecule has 0 unspecified atom stereocenters. The summed E-state index contributed by atoms with van der Waals surface area (Å²) < 4.78 is 0. The van der Waals surface area contributed by atoms with Crippen molar-refractivity contribution in [2.24, 2.45) is 0 Å². The van der Waals surface area contributed by atoms with Crippen LogP contribution in [0, 0.1) is 93.8 Å².